The number of carbonyl (C=O) groups is 1. The number of amides is 1. The van der Waals surface area contributed by atoms with Gasteiger partial charge in [-0.05, 0) is 60.1 Å². The zero-order valence-corrected chi connectivity index (χ0v) is 17.5. The molecule has 0 bridgehead atoms. The summed E-state index contributed by atoms with van der Waals surface area (Å²) in [5.74, 6) is -0.394. The zero-order valence-electron chi connectivity index (χ0n) is 15.1. The van der Waals surface area contributed by atoms with Crippen LogP contribution in [0.25, 0.3) is 10.8 Å². The van der Waals surface area contributed by atoms with Gasteiger partial charge < -0.3 is 5.32 Å². The monoisotopic (exact) mass is 457 g/mol. The van der Waals surface area contributed by atoms with Crippen molar-refractivity contribution in [3.05, 3.63) is 79.8 Å². The van der Waals surface area contributed by atoms with Gasteiger partial charge in [-0.2, -0.15) is 0 Å². The van der Waals surface area contributed by atoms with Gasteiger partial charge in [0.05, 0.1) is 4.92 Å². The van der Waals surface area contributed by atoms with E-state index in [9.17, 15) is 14.9 Å². The highest BCUT2D eigenvalue weighted by Gasteiger charge is 2.19. The van der Waals surface area contributed by atoms with Gasteiger partial charge in [0, 0.05) is 16.1 Å². The first-order chi connectivity index (χ1) is 13.3. The van der Waals surface area contributed by atoms with Gasteiger partial charge in [-0.3, -0.25) is 20.2 Å². The van der Waals surface area contributed by atoms with Crippen molar-refractivity contribution < 1.29 is 9.72 Å². The standard InChI is InChI=1S/C20H16BrN3O3S/c1-11-9-10-17(24(26)27)18(12(11)2)22-20(28)23-19(25)15-7-3-6-14-13(15)5-4-8-16(14)21/h3-10H,1-2H3,(H2,22,23,25,28). The highest BCUT2D eigenvalue weighted by molar-refractivity contribution is 9.10. The maximum absolute atomic E-state index is 12.8. The second-order valence-electron chi connectivity index (χ2n) is 6.21. The molecule has 0 radical (unpaired) electrons. The second-order valence-corrected chi connectivity index (χ2v) is 7.47. The van der Waals surface area contributed by atoms with Gasteiger partial charge in [0.15, 0.2) is 5.11 Å². The fourth-order valence-corrected chi connectivity index (χ4v) is 3.59. The first-order valence-electron chi connectivity index (χ1n) is 8.33. The van der Waals surface area contributed by atoms with E-state index in [4.69, 9.17) is 12.2 Å². The minimum absolute atomic E-state index is 0.00574. The van der Waals surface area contributed by atoms with Crippen LogP contribution in [0.5, 0.6) is 0 Å². The summed E-state index contributed by atoms with van der Waals surface area (Å²) in [5.41, 5.74) is 2.20. The number of nitrogens with zero attached hydrogens (tertiary/aromatic N) is 1. The fraction of sp³-hybridized carbons (Fsp3) is 0.100. The van der Waals surface area contributed by atoms with Crippen LogP contribution in [0, 0.1) is 24.0 Å². The Morgan fingerprint density at radius 1 is 1.07 bits per heavy atom. The van der Waals surface area contributed by atoms with E-state index in [0.29, 0.717) is 11.1 Å². The molecule has 3 aromatic rings. The number of rotatable bonds is 3. The normalized spacial score (nSPS) is 10.5. The summed E-state index contributed by atoms with van der Waals surface area (Å²) in [7, 11) is 0. The van der Waals surface area contributed by atoms with Crippen LogP contribution >= 0.6 is 28.1 Å². The van der Waals surface area contributed by atoms with Gasteiger partial charge in [-0.25, -0.2) is 0 Å². The molecule has 6 nitrogen and oxygen atoms in total. The zero-order chi connectivity index (χ0) is 20.4. The summed E-state index contributed by atoms with van der Waals surface area (Å²) in [5, 5.41) is 18.4. The quantitative estimate of drug-likeness (QED) is 0.318. The maximum atomic E-state index is 12.8. The Balaban J connectivity index is 1.88. The van der Waals surface area contributed by atoms with Crippen molar-refractivity contribution in [1.29, 1.82) is 0 Å². The number of hydrogen-bond donors (Lipinski definition) is 2. The molecule has 28 heavy (non-hydrogen) atoms. The number of thiocarbonyl (C=S) groups is 1. The molecule has 0 aromatic heterocycles. The number of halogens is 1. The first-order valence-corrected chi connectivity index (χ1v) is 9.54. The molecule has 0 heterocycles. The highest BCUT2D eigenvalue weighted by atomic mass is 79.9. The summed E-state index contributed by atoms with van der Waals surface area (Å²) in [6.07, 6.45) is 0. The molecular formula is C20H16BrN3O3S. The van der Waals surface area contributed by atoms with E-state index in [2.05, 4.69) is 26.6 Å². The predicted octanol–water partition coefficient (Wildman–Crippen LogP) is 5.25. The minimum atomic E-state index is -0.485. The van der Waals surface area contributed by atoms with Crippen LogP contribution in [0.4, 0.5) is 11.4 Å². The number of fused-ring (bicyclic) bond motifs is 1. The van der Waals surface area contributed by atoms with E-state index in [0.717, 1.165) is 20.8 Å². The molecule has 0 fully saturated rings. The Morgan fingerprint density at radius 3 is 2.46 bits per heavy atom. The van der Waals surface area contributed by atoms with E-state index >= 15 is 0 Å². The fourth-order valence-electron chi connectivity index (χ4n) is 2.90. The van der Waals surface area contributed by atoms with Crippen molar-refractivity contribution in [2.75, 3.05) is 5.32 Å². The lowest BCUT2D eigenvalue weighted by atomic mass is 10.0. The summed E-state index contributed by atoms with van der Waals surface area (Å²) >= 11 is 8.71. The number of carbonyl (C=O) groups excluding carboxylic acids is 1. The number of nitro benzene ring substituents is 1. The lowest BCUT2D eigenvalue weighted by Crippen LogP contribution is -2.34. The average molecular weight is 458 g/mol. The second kappa shape index (κ2) is 8.04. The molecule has 8 heteroatoms. The van der Waals surface area contributed by atoms with Crippen LogP contribution < -0.4 is 10.6 Å². The number of nitro groups is 1. The molecule has 1 amide bonds. The molecule has 142 valence electrons. The van der Waals surface area contributed by atoms with Crippen molar-refractivity contribution in [3.8, 4) is 0 Å². The van der Waals surface area contributed by atoms with E-state index < -0.39 is 10.8 Å². The number of aryl methyl sites for hydroxylation is 1. The van der Waals surface area contributed by atoms with Crippen LogP contribution in [0.1, 0.15) is 21.5 Å². The Bertz CT molecular complexity index is 1130. The van der Waals surface area contributed by atoms with Gasteiger partial charge in [0.25, 0.3) is 11.6 Å². The van der Waals surface area contributed by atoms with Gasteiger partial charge in [-0.15, -0.1) is 0 Å². The molecule has 3 aromatic carbocycles. The topological polar surface area (TPSA) is 84.3 Å². The molecule has 0 spiro atoms. The third kappa shape index (κ3) is 3.88. The van der Waals surface area contributed by atoms with Crippen LogP contribution in [-0.4, -0.2) is 15.9 Å². The van der Waals surface area contributed by atoms with Crippen molar-refractivity contribution >= 4 is 61.3 Å². The smallest absolute Gasteiger partial charge is 0.293 e. The molecule has 0 saturated heterocycles. The van der Waals surface area contributed by atoms with Crippen LogP contribution in [0.2, 0.25) is 0 Å². The average Bonchev–Trinajstić information content (AvgIpc) is 2.65. The van der Waals surface area contributed by atoms with Crippen molar-refractivity contribution in [1.82, 2.24) is 5.32 Å². The summed E-state index contributed by atoms with van der Waals surface area (Å²) in [6, 6.07) is 14.1. The van der Waals surface area contributed by atoms with Crippen molar-refractivity contribution in [2.45, 2.75) is 13.8 Å². The number of benzene rings is 3. The number of hydrogen-bond acceptors (Lipinski definition) is 4. The van der Waals surface area contributed by atoms with Crippen LogP contribution in [-0.2, 0) is 0 Å². The van der Waals surface area contributed by atoms with Gasteiger partial charge in [0.2, 0.25) is 0 Å². The van der Waals surface area contributed by atoms with E-state index in [1.807, 2.05) is 31.2 Å². The SMILES string of the molecule is Cc1ccc([N+](=O)[O-])c(NC(=S)NC(=O)c2cccc3c(Br)cccc23)c1C. The Kier molecular flexibility index (Phi) is 5.71. The summed E-state index contributed by atoms with van der Waals surface area (Å²) in [6.45, 7) is 3.61. The Hall–Kier alpha value is -2.84. The van der Waals surface area contributed by atoms with Crippen molar-refractivity contribution in [3.63, 3.8) is 0 Å². The third-order valence-electron chi connectivity index (χ3n) is 4.49. The van der Waals surface area contributed by atoms with Gasteiger partial charge >= 0.3 is 0 Å². The molecule has 2 N–H and O–H groups in total. The van der Waals surface area contributed by atoms with Crippen LogP contribution in [0.3, 0.4) is 0 Å². The van der Waals surface area contributed by atoms with E-state index in [1.165, 1.54) is 6.07 Å². The largest absolute Gasteiger partial charge is 0.327 e. The molecule has 0 aliphatic rings. The molecular weight excluding hydrogens is 442 g/mol. The molecule has 0 aliphatic heterocycles. The lowest BCUT2D eigenvalue weighted by Gasteiger charge is -2.14. The Labute approximate surface area is 175 Å². The van der Waals surface area contributed by atoms with Crippen molar-refractivity contribution in [2.24, 2.45) is 0 Å². The van der Waals surface area contributed by atoms with Gasteiger partial charge in [-0.1, -0.05) is 46.3 Å². The summed E-state index contributed by atoms with van der Waals surface area (Å²) < 4.78 is 0.881. The number of nitrogens with one attached hydrogen (secondary N) is 2. The molecule has 0 saturated carbocycles. The third-order valence-corrected chi connectivity index (χ3v) is 5.39. The van der Waals surface area contributed by atoms with Crippen LogP contribution in [0.15, 0.2) is 53.0 Å². The lowest BCUT2D eigenvalue weighted by molar-refractivity contribution is -0.383. The van der Waals surface area contributed by atoms with E-state index in [1.54, 1.807) is 25.1 Å². The minimum Gasteiger partial charge on any atom is -0.327 e. The van der Waals surface area contributed by atoms with E-state index in [-0.39, 0.29) is 16.5 Å². The first kappa shape index (κ1) is 19.9. The summed E-state index contributed by atoms with van der Waals surface area (Å²) in [4.78, 5) is 23.6. The molecule has 3 rings (SSSR count). The molecule has 0 unspecified atom stereocenters. The molecule has 0 atom stereocenters. The Morgan fingerprint density at radius 2 is 1.75 bits per heavy atom. The highest BCUT2D eigenvalue weighted by Crippen LogP contribution is 2.30. The number of anilines is 1. The maximum Gasteiger partial charge on any atom is 0.293 e. The molecule has 0 aliphatic carbocycles. The van der Waals surface area contributed by atoms with Gasteiger partial charge in [0.1, 0.15) is 5.69 Å². The predicted molar refractivity (Wildman–Crippen MR) is 118 cm³/mol.